The van der Waals surface area contributed by atoms with Crippen molar-refractivity contribution in [1.82, 2.24) is 15.3 Å². The summed E-state index contributed by atoms with van der Waals surface area (Å²) >= 11 is 0. The van der Waals surface area contributed by atoms with Crippen LogP contribution in [0, 0.1) is 0 Å². The molecule has 0 bridgehead atoms. The molecule has 1 unspecified atom stereocenters. The van der Waals surface area contributed by atoms with Gasteiger partial charge < -0.3 is 15.0 Å². The topological polar surface area (TPSA) is 49.9 Å². The van der Waals surface area contributed by atoms with Gasteiger partial charge >= 0.3 is 0 Å². The number of H-pyrrole nitrogens is 1. The maximum Gasteiger partial charge on any atom is 0.127 e. The van der Waals surface area contributed by atoms with Gasteiger partial charge in [-0.2, -0.15) is 0 Å². The molecule has 0 aliphatic carbocycles. The lowest BCUT2D eigenvalue weighted by molar-refractivity contribution is 0.219. The molecule has 76 valence electrons. The summed E-state index contributed by atoms with van der Waals surface area (Å²) in [6.07, 6.45) is 7.62. The summed E-state index contributed by atoms with van der Waals surface area (Å²) in [5, 5.41) is 3.23. The molecule has 2 rings (SSSR count). The monoisotopic (exact) mass is 193 g/mol. The van der Waals surface area contributed by atoms with E-state index in [9.17, 15) is 0 Å². The van der Waals surface area contributed by atoms with Gasteiger partial charge in [0, 0.05) is 12.4 Å². The number of aromatic amines is 1. The maximum absolute atomic E-state index is 5.32. The highest BCUT2D eigenvalue weighted by atomic mass is 16.5. The van der Waals surface area contributed by atoms with E-state index in [1.807, 2.05) is 19.5 Å². The molecule has 14 heavy (non-hydrogen) atoms. The summed E-state index contributed by atoms with van der Waals surface area (Å²) in [5.74, 6) is 0.948. The molecule has 4 nitrogen and oxygen atoms in total. The lowest BCUT2D eigenvalue weighted by atomic mass is 10.0. The Bertz CT molecular complexity index is 305. The number of hydrogen-bond donors (Lipinski definition) is 2. The van der Waals surface area contributed by atoms with Crippen LogP contribution in [0.15, 0.2) is 24.2 Å². The van der Waals surface area contributed by atoms with Crippen molar-refractivity contribution in [2.75, 3.05) is 13.7 Å². The second kappa shape index (κ2) is 4.28. The molecule has 4 heteroatoms. The number of imidazole rings is 1. The van der Waals surface area contributed by atoms with Crippen molar-refractivity contribution in [2.45, 2.75) is 18.9 Å². The Morgan fingerprint density at radius 3 is 3.14 bits per heavy atom. The van der Waals surface area contributed by atoms with Crippen LogP contribution in [0.5, 0.6) is 0 Å². The van der Waals surface area contributed by atoms with Crippen molar-refractivity contribution in [3.8, 4) is 0 Å². The van der Waals surface area contributed by atoms with Crippen molar-refractivity contribution in [3.63, 3.8) is 0 Å². The predicted molar refractivity (Wildman–Crippen MR) is 53.7 cm³/mol. The molecule has 0 saturated heterocycles. The van der Waals surface area contributed by atoms with Gasteiger partial charge in [-0.05, 0) is 25.5 Å². The molecule has 2 heterocycles. The van der Waals surface area contributed by atoms with Crippen molar-refractivity contribution in [3.05, 3.63) is 30.1 Å². The van der Waals surface area contributed by atoms with Gasteiger partial charge in [0.1, 0.15) is 5.82 Å². The zero-order valence-corrected chi connectivity index (χ0v) is 8.29. The SMILES string of the molecule is CNC(C1=COCCC1)c1ncc[nH]1. The van der Waals surface area contributed by atoms with Crippen LogP contribution in [-0.2, 0) is 4.74 Å². The molecule has 1 aromatic rings. The maximum atomic E-state index is 5.32. The molecule has 0 fully saturated rings. The molecule has 0 radical (unpaired) electrons. The van der Waals surface area contributed by atoms with Gasteiger partial charge in [0.05, 0.1) is 18.9 Å². The fourth-order valence-corrected chi connectivity index (χ4v) is 1.73. The number of likely N-dealkylation sites (N-methyl/N-ethyl adjacent to an activating group) is 1. The van der Waals surface area contributed by atoms with E-state index in [0.717, 1.165) is 25.3 Å². The normalized spacial score (nSPS) is 18.5. The van der Waals surface area contributed by atoms with Gasteiger partial charge in [0.2, 0.25) is 0 Å². The standard InChI is InChI=1S/C10H15N3O/c1-11-9(10-12-4-5-13-10)8-3-2-6-14-7-8/h4-5,7,9,11H,2-3,6H2,1H3,(H,12,13). The van der Waals surface area contributed by atoms with Gasteiger partial charge in [-0.25, -0.2) is 4.98 Å². The third kappa shape index (κ3) is 1.80. The molecule has 0 saturated carbocycles. The number of nitrogens with one attached hydrogen (secondary N) is 2. The Morgan fingerprint density at radius 2 is 2.57 bits per heavy atom. The van der Waals surface area contributed by atoms with Gasteiger partial charge in [0.15, 0.2) is 0 Å². The Morgan fingerprint density at radius 1 is 1.64 bits per heavy atom. The van der Waals surface area contributed by atoms with Gasteiger partial charge in [-0.3, -0.25) is 0 Å². The van der Waals surface area contributed by atoms with E-state index >= 15 is 0 Å². The number of hydrogen-bond acceptors (Lipinski definition) is 3. The summed E-state index contributed by atoms with van der Waals surface area (Å²) in [5.41, 5.74) is 1.26. The summed E-state index contributed by atoms with van der Waals surface area (Å²) in [6, 6.07) is 0.158. The Labute approximate surface area is 83.4 Å². The highest BCUT2D eigenvalue weighted by Crippen LogP contribution is 2.24. The minimum absolute atomic E-state index is 0.158. The van der Waals surface area contributed by atoms with Crippen molar-refractivity contribution in [1.29, 1.82) is 0 Å². The molecular formula is C10H15N3O. The molecule has 0 aromatic carbocycles. The minimum atomic E-state index is 0.158. The van der Waals surface area contributed by atoms with E-state index in [-0.39, 0.29) is 6.04 Å². The third-order valence-electron chi connectivity index (χ3n) is 2.41. The Balaban J connectivity index is 2.16. The van der Waals surface area contributed by atoms with Crippen LogP contribution in [0.2, 0.25) is 0 Å². The summed E-state index contributed by atoms with van der Waals surface area (Å²) in [6.45, 7) is 0.831. The lowest BCUT2D eigenvalue weighted by Crippen LogP contribution is -2.21. The minimum Gasteiger partial charge on any atom is -0.501 e. The van der Waals surface area contributed by atoms with Crippen LogP contribution in [0.4, 0.5) is 0 Å². The van der Waals surface area contributed by atoms with E-state index in [0.29, 0.717) is 0 Å². The van der Waals surface area contributed by atoms with Crippen molar-refractivity contribution in [2.24, 2.45) is 0 Å². The first kappa shape index (κ1) is 9.27. The summed E-state index contributed by atoms with van der Waals surface area (Å²) in [4.78, 5) is 7.36. The molecule has 1 aliphatic heterocycles. The number of ether oxygens (including phenoxy) is 1. The zero-order chi connectivity index (χ0) is 9.80. The second-order valence-corrected chi connectivity index (χ2v) is 3.36. The molecule has 1 atom stereocenters. The van der Waals surface area contributed by atoms with Crippen LogP contribution < -0.4 is 5.32 Å². The van der Waals surface area contributed by atoms with E-state index in [4.69, 9.17) is 4.74 Å². The highest BCUT2D eigenvalue weighted by molar-refractivity contribution is 5.17. The number of aromatic nitrogens is 2. The Hall–Kier alpha value is -1.29. The number of rotatable bonds is 3. The predicted octanol–water partition coefficient (Wildman–Crippen LogP) is 1.36. The largest absolute Gasteiger partial charge is 0.501 e. The summed E-state index contributed by atoms with van der Waals surface area (Å²) in [7, 11) is 1.93. The van der Waals surface area contributed by atoms with E-state index in [1.54, 1.807) is 6.20 Å². The van der Waals surface area contributed by atoms with Gasteiger partial charge in [0.25, 0.3) is 0 Å². The molecule has 1 aliphatic rings. The van der Waals surface area contributed by atoms with Crippen molar-refractivity contribution >= 4 is 0 Å². The molecule has 1 aromatic heterocycles. The van der Waals surface area contributed by atoms with Crippen molar-refractivity contribution < 1.29 is 4.74 Å². The fraction of sp³-hybridized carbons (Fsp3) is 0.500. The Kier molecular flexibility index (Phi) is 2.84. The second-order valence-electron chi connectivity index (χ2n) is 3.36. The smallest absolute Gasteiger partial charge is 0.127 e. The van der Waals surface area contributed by atoms with Crippen LogP contribution in [-0.4, -0.2) is 23.6 Å². The van der Waals surface area contributed by atoms with Gasteiger partial charge in [-0.1, -0.05) is 0 Å². The van der Waals surface area contributed by atoms with E-state index in [1.165, 1.54) is 5.57 Å². The lowest BCUT2D eigenvalue weighted by Gasteiger charge is -2.21. The highest BCUT2D eigenvalue weighted by Gasteiger charge is 2.18. The molecule has 0 spiro atoms. The van der Waals surface area contributed by atoms with E-state index < -0.39 is 0 Å². The first-order valence-electron chi connectivity index (χ1n) is 4.89. The first-order valence-corrected chi connectivity index (χ1v) is 4.89. The van der Waals surface area contributed by atoms with Crippen LogP contribution in [0.1, 0.15) is 24.7 Å². The fourth-order valence-electron chi connectivity index (χ4n) is 1.73. The molecular weight excluding hydrogens is 178 g/mol. The average molecular weight is 193 g/mol. The average Bonchev–Trinajstić information content (AvgIpc) is 2.74. The van der Waals surface area contributed by atoms with Crippen LogP contribution >= 0.6 is 0 Å². The first-order chi connectivity index (χ1) is 6.92. The van der Waals surface area contributed by atoms with Crippen LogP contribution in [0.3, 0.4) is 0 Å². The van der Waals surface area contributed by atoms with E-state index in [2.05, 4.69) is 15.3 Å². The third-order valence-corrected chi connectivity index (χ3v) is 2.41. The number of nitrogens with zero attached hydrogens (tertiary/aromatic N) is 1. The molecule has 0 amide bonds. The zero-order valence-electron chi connectivity index (χ0n) is 8.29. The quantitative estimate of drug-likeness (QED) is 0.762. The van der Waals surface area contributed by atoms with Gasteiger partial charge in [-0.15, -0.1) is 0 Å². The summed E-state index contributed by atoms with van der Waals surface area (Å²) < 4.78 is 5.32. The van der Waals surface area contributed by atoms with Crippen LogP contribution in [0.25, 0.3) is 0 Å². The molecule has 2 N–H and O–H groups in total.